The van der Waals surface area contributed by atoms with Crippen LogP contribution in [0.1, 0.15) is 25.1 Å². The summed E-state index contributed by atoms with van der Waals surface area (Å²) in [6.07, 6.45) is -0.0776. The second-order valence-corrected chi connectivity index (χ2v) is 10.1. The topological polar surface area (TPSA) is 72.2 Å². The lowest BCUT2D eigenvalue weighted by molar-refractivity contribution is -0.126. The predicted molar refractivity (Wildman–Crippen MR) is 147 cm³/mol. The maximum atomic E-state index is 13.8. The molecule has 2 saturated heterocycles. The number of benzene rings is 3. The van der Waals surface area contributed by atoms with E-state index in [-0.39, 0.29) is 5.91 Å². The normalized spacial score (nSPS) is 20.7. The molecule has 0 radical (unpaired) electrons. The van der Waals surface area contributed by atoms with Gasteiger partial charge in [0, 0.05) is 10.0 Å². The number of carbonyl (C=O) groups excluding carboxylic acids is 2. The fourth-order valence-corrected chi connectivity index (χ4v) is 5.21. The number of hydrogen-bond acceptors (Lipinski definition) is 6. The molecule has 0 N–H and O–H groups in total. The van der Waals surface area contributed by atoms with Gasteiger partial charge in [0.2, 0.25) is 5.91 Å². The molecule has 3 aromatic carbocycles. The minimum atomic E-state index is -0.968. The maximum absolute atomic E-state index is 13.8. The molecule has 2 amide bonds. The Balaban J connectivity index is 1.35. The Bertz CT molecular complexity index is 1450. The minimum absolute atomic E-state index is 0.327. The Morgan fingerprint density at radius 1 is 0.842 bits per heavy atom. The van der Waals surface area contributed by atoms with Gasteiger partial charge in [0.05, 0.1) is 18.0 Å². The molecule has 192 valence electrons. The number of amides is 2. The average Bonchev–Trinajstić information content (AvgIpc) is 3.64. The van der Waals surface area contributed by atoms with Crippen LogP contribution in [-0.4, -0.2) is 24.5 Å². The number of hydroxylamine groups is 1. The van der Waals surface area contributed by atoms with E-state index in [2.05, 4.69) is 15.9 Å². The van der Waals surface area contributed by atoms with Crippen LogP contribution in [0.25, 0.3) is 11.3 Å². The van der Waals surface area contributed by atoms with Gasteiger partial charge in [-0.15, -0.1) is 0 Å². The number of rotatable bonds is 7. The van der Waals surface area contributed by atoms with Gasteiger partial charge >= 0.3 is 0 Å². The number of halogens is 1. The smallest absolute Gasteiger partial charge is 0.266 e. The van der Waals surface area contributed by atoms with Crippen LogP contribution in [0, 0.1) is 5.92 Å². The Morgan fingerprint density at radius 3 is 2.29 bits per heavy atom. The number of ether oxygens (including phenoxy) is 1. The van der Waals surface area contributed by atoms with Crippen LogP contribution in [0.5, 0.6) is 5.75 Å². The predicted octanol–water partition coefficient (Wildman–Crippen LogP) is 6.55. The van der Waals surface area contributed by atoms with Gasteiger partial charge in [-0.3, -0.25) is 14.4 Å². The molecule has 2 aliphatic heterocycles. The summed E-state index contributed by atoms with van der Waals surface area (Å²) in [5.41, 5.74) is 2.13. The lowest BCUT2D eigenvalue weighted by atomic mass is 9.94. The third kappa shape index (κ3) is 4.29. The van der Waals surface area contributed by atoms with E-state index in [9.17, 15) is 9.59 Å². The van der Waals surface area contributed by atoms with Crippen molar-refractivity contribution in [1.82, 2.24) is 0 Å². The van der Waals surface area contributed by atoms with Crippen molar-refractivity contribution in [3.8, 4) is 17.1 Å². The van der Waals surface area contributed by atoms with Gasteiger partial charge in [0.25, 0.3) is 5.91 Å². The summed E-state index contributed by atoms with van der Waals surface area (Å²) in [6.45, 7) is 2.63. The first-order chi connectivity index (χ1) is 18.5. The van der Waals surface area contributed by atoms with Gasteiger partial charge in [0.1, 0.15) is 29.2 Å². The Hall–Kier alpha value is -3.88. The SMILES string of the molecule is CCCOc1ccc(N2C(=O)[C@@H]3[C@H](ON(c4ccccc4)[C@H]3c3ccc(-c4ccc(Br)cc4)o3)C2=O)cc1. The molecule has 2 aliphatic rings. The Kier molecular flexibility index (Phi) is 6.51. The van der Waals surface area contributed by atoms with E-state index in [0.29, 0.717) is 29.6 Å². The molecule has 0 aliphatic carbocycles. The van der Waals surface area contributed by atoms with E-state index in [1.165, 1.54) is 4.90 Å². The quantitative estimate of drug-likeness (QED) is 0.234. The van der Waals surface area contributed by atoms with E-state index >= 15 is 0 Å². The summed E-state index contributed by atoms with van der Waals surface area (Å²) in [6, 6.07) is 27.3. The molecule has 4 aromatic rings. The van der Waals surface area contributed by atoms with E-state index < -0.39 is 24.0 Å². The minimum Gasteiger partial charge on any atom is -0.494 e. The van der Waals surface area contributed by atoms with Crippen molar-refractivity contribution in [2.75, 3.05) is 16.6 Å². The average molecular weight is 573 g/mol. The zero-order valence-electron chi connectivity index (χ0n) is 20.6. The van der Waals surface area contributed by atoms with Gasteiger partial charge in [-0.1, -0.05) is 53.2 Å². The van der Waals surface area contributed by atoms with Gasteiger partial charge in [-0.05, 0) is 67.1 Å². The molecular formula is C30H25BrN2O5. The van der Waals surface area contributed by atoms with Crippen molar-refractivity contribution >= 4 is 39.1 Å². The fraction of sp³-hybridized carbons (Fsp3) is 0.200. The van der Waals surface area contributed by atoms with Crippen LogP contribution in [0.2, 0.25) is 0 Å². The fourth-order valence-electron chi connectivity index (χ4n) is 4.95. The maximum Gasteiger partial charge on any atom is 0.266 e. The molecule has 3 heterocycles. The van der Waals surface area contributed by atoms with Crippen molar-refractivity contribution in [2.24, 2.45) is 5.92 Å². The molecule has 0 bridgehead atoms. The molecular weight excluding hydrogens is 548 g/mol. The molecule has 0 saturated carbocycles. The number of anilines is 2. The van der Waals surface area contributed by atoms with E-state index in [1.54, 1.807) is 29.3 Å². The van der Waals surface area contributed by atoms with Gasteiger partial charge in [-0.2, -0.15) is 0 Å². The first kappa shape index (κ1) is 24.5. The highest BCUT2D eigenvalue weighted by Crippen LogP contribution is 2.48. The third-order valence-corrected chi connectivity index (χ3v) is 7.27. The summed E-state index contributed by atoms with van der Waals surface area (Å²) in [4.78, 5) is 34.8. The molecule has 2 fully saturated rings. The number of fused-ring (bicyclic) bond motifs is 1. The molecule has 3 atom stereocenters. The number of furan rings is 1. The summed E-state index contributed by atoms with van der Waals surface area (Å²) in [5, 5.41) is 1.63. The summed E-state index contributed by atoms with van der Waals surface area (Å²) in [5.74, 6) is 0.404. The number of hydrogen-bond donors (Lipinski definition) is 0. The van der Waals surface area contributed by atoms with Gasteiger partial charge in [-0.25, -0.2) is 9.96 Å². The van der Waals surface area contributed by atoms with Crippen LogP contribution in [-0.2, 0) is 14.4 Å². The molecule has 1 aromatic heterocycles. The van der Waals surface area contributed by atoms with Gasteiger partial charge < -0.3 is 9.15 Å². The summed E-state index contributed by atoms with van der Waals surface area (Å²) >= 11 is 3.46. The zero-order chi connectivity index (χ0) is 26.2. The number of para-hydroxylation sites is 1. The van der Waals surface area contributed by atoms with Crippen molar-refractivity contribution in [3.05, 3.63) is 101 Å². The number of carbonyl (C=O) groups is 2. The lowest BCUT2D eigenvalue weighted by Crippen LogP contribution is -2.37. The molecule has 38 heavy (non-hydrogen) atoms. The second kappa shape index (κ2) is 10.1. The van der Waals surface area contributed by atoms with Gasteiger partial charge in [0.15, 0.2) is 6.10 Å². The van der Waals surface area contributed by atoms with E-state index in [1.807, 2.05) is 73.7 Å². The standard InChI is InChI=1S/C30H25BrN2O5/c1-2-18-36-23-14-12-21(13-15-23)32-29(34)26-27(25-17-16-24(37-25)19-8-10-20(31)11-9-19)33(38-28(26)30(32)35)22-6-4-3-5-7-22/h3-17,26-28H,2,18H2,1H3/t26-,27-,28-/m0/s1. The van der Waals surface area contributed by atoms with Crippen LogP contribution in [0.15, 0.2) is 99.9 Å². The first-order valence-corrected chi connectivity index (χ1v) is 13.3. The largest absolute Gasteiger partial charge is 0.494 e. The highest BCUT2D eigenvalue weighted by Gasteiger charge is 2.61. The lowest BCUT2D eigenvalue weighted by Gasteiger charge is -2.27. The second-order valence-electron chi connectivity index (χ2n) is 9.22. The van der Waals surface area contributed by atoms with E-state index in [0.717, 1.165) is 22.1 Å². The van der Waals surface area contributed by atoms with Crippen molar-refractivity contribution in [1.29, 1.82) is 0 Å². The van der Waals surface area contributed by atoms with Crippen molar-refractivity contribution < 1.29 is 23.6 Å². The van der Waals surface area contributed by atoms with Crippen LogP contribution < -0.4 is 14.7 Å². The first-order valence-electron chi connectivity index (χ1n) is 12.5. The molecule has 8 heteroatoms. The molecule has 7 nitrogen and oxygen atoms in total. The highest BCUT2D eigenvalue weighted by atomic mass is 79.9. The Labute approximate surface area is 228 Å². The van der Waals surface area contributed by atoms with Crippen molar-refractivity contribution in [3.63, 3.8) is 0 Å². The molecule has 0 unspecified atom stereocenters. The van der Waals surface area contributed by atoms with Crippen LogP contribution >= 0.6 is 15.9 Å². The van der Waals surface area contributed by atoms with E-state index in [4.69, 9.17) is 14.0 Å². The van der Waals surface area contributed by atoms with Crippen LogP contribution in [0.4, 0.5) is 11.4 Å². The Morgan fingerprint density at radius 2 is 1.58 bits per heavy atom. The third-order valence-electron chi connectivity index (χ3n) is 6.74. The number of nitrogens with zero attached hydrogens (tertiary/aromatic N) is 2. The zero-order valence-corrected chi connectivity index (χ0v) is 22.2. The summed E-state index contributed by atoms with van der Waals surface area (Å²) < 4.78 is 12.9. The highest BCUT2D eigenvalue weighted by molar-refractivity contribution is 9.10. The van der Waals surface area contributed by atoms with Crippen molar-refractivity contribution in [2.45, 2.75) is 25.5 Å². The number of imide groups is 1. The molecule has 0 spiro atoms. The summed E-state index contributed by atoms with van der Waals surface area (Å²) in [7, 11) is 0. The molecule has 6 rings (SSSR count). The monoisotopic (exact) mass is 572 g/mol. The van der Waals surface area contributed by atoms with Crippen LogP contribution in [0.3, 0.4) is 0 Å².